The summed E-state index contributed by atoms with van der Waals surface area (Å²) in [6.45, 7) is 3.99. The highest BCUT2D eigenvalue weighted by Crippen LogP contribution is 2.34. The lowest BCUT2D eigenvalue weighted by Crippen LogP contribution is -2.30. The fourth-order valence-electron chi connectivity index (χ4n) is 2.16. The highest BCUT2D eigenvalue weighted by molar-refractivity contribution is 5.79. The molecule has 0 N–H and O–H groups in total. The molecule has 0 aliphatic heterocycles. The van der Waals surface area contributed by atoms with Crippen LogP contribution in [0.25, 0.3) is 0 Å². The van der Waals surface area contributed by atoms with Crippen LogP contribution in [0.2, 0.25) is 0 Å². The molecule has 106 valence electrons. The molecule has 5 heteroatoms. The van der Waals surface area contributed by atoms with Crippen LogP contribution in [0.5, 0.6) is 0 Å². The molecular weight excluding hydrogens is 255 g/mol. The Kier molecular flexibility index (Phi) is 4.97. The molecule has 0 amide bonds. The molecule has 0 atom stereocenters. The van der Waals surface area contributed by atoms with Crippen LogP contribution >= 0.6 is 0 Å². The van der Waals surface area contributed by atoms with Gasteiger partial charge in [-0.3, -0.25) is 4.79 Å². The van der Waals surface area contributed by atoms with Crippen LogP contribution in [-0.4, -0.2) is 19.4 Å². The second-order valence-corrected chi connectivity index (χ2v) is 4.47. The maximum atomic E-state index is 12.9. The number of rotatable bonds is 5. The molecule has 2 nitrogen and oxygen atoms in total. The van der Waals surface area contributed by atoms with Crippen molar-refractivity contribution in [1.29, 1.82) is 0 Å². The zero-order valence-corrected chi connectivity index (χ0v) is 11.3. The van der Waals surface area contributed by atoms with Gasteiger partial charge >= 0.3 is 6.18 Å². The molecule has 19 heavy (non-hydrogen) atoms. The van der Waals surface area contributed by atoms with Gasteiger partial charge in [0.2, 0.25) is 0 Å². The normalized spacial score (nSPS) is 11.7. The van der Waals surface area contributed by atoms with E-state index in [9.17, 15) is 18.0 Å². The third kappa shape index (κ3) is 3.49. The monoisotopic (exact) mass is 273 g/mol. The van der Waals surface area contributed by atoms with Crippen molar-refractivity contribution < 1.29 is 18.0 Å². The first-order valence-electron chi connectivity index (χ1n) is 6.24. The van der Waals surface area contributed by atoms with Gasteiger partial charge in [-0.15, -0.1) is 0 Å². The maximum Gasteiger partial charge on any atom is 0.417 e. The van der Waals surface area contributed by atoms with Gasteiger partial charge in [-0.25, -0.2) is 0 Å². The van der Waals surface area contributed by atoms with Crippen LogP contribution in [0.3, 0.4) is 0 Å². The van der Waals surface area contributed by atoms with Crippen LogP contribution in [0.15, 0.2) is 18.2 Å². The lowest BCUT2D eigenvalue weighted by molar-refractivity contribution is -0.137. The summed E-state index contributed by atoms with van der Waals surface area (Å²) in [5, 5.41) is 0. The Morgan fingerprint density at radius 3 is 2.26 bits per heavy atom. The first kappa shape index (κ1) is 15.5. The van der Waals surface area contributed by atoms with E-state index in [-0.39, 0.29) is 17.9 Å². The summed E-state index contributed by atoms with van der Waals surface area (Å²) in [4.78, 5) is 12.5. The summed E-state index contributed by atoms with van der Waals surface area (Å²) < 4.78 is 38.6. The molecule has 1 aromatic rings. The van der Waals surface area contributed by atoms with Gasteiger partial charge in [0.05, 0.1) is 5.56 Å². The van der Waals surface area contributed by atoms with Crippen LogP contribution in [0.1, 0.15) is 42.6 Å². The summed E-state index contributed by atoms with van der Waals surface area (Å²) in [5.41, 5.74) is -0.723. The van der Waals surface area contributed by atoms with E-state index in [1.165, 1.54) is 6.07 Å². The summed E-state index contributed by atoms with van der Waals surface area (Å²) >= 11 is 0. The van der Waals surface area contributed by atoms with Crippen molar-refractivity contribution in [3.8, 4) is 0 Å². The summed E-state index contributed by atoms with van der Waals surface area (Å²) in [5.74, 6) is 0. The number of alkyl halides is 3. The highest BCUT2D eigenvalue weighted by Gasteiger charge is 2.34. The van der Waals surface area contributed by atoms with Crippen LogP contribution < -0.4 is 4.90 Å². The Hall–Kier alpha value is -1.52. The second kappa shape index (κ2) is 6.08. The summed E-state index contributed by atoms with van der Waals surface area (Å²) in [7, 11) is 1.77. The van der Waals surface area contributed by atoms with Gasteiger partial charge < -0.3 is 4.90 Å². The molecule has 0 saturated heterocycles. The van der Waals surface area contributed by atoms with Crippen LogP contribution in [-0.2, 0) is 6.18 Å². The average Bonchev–Trinajstić information content (AvgIpc) is 2.38. The standard InChI is InChI=1S/C14H18F3NO/c1-4-11(5-2)18(3)12-7-6-10(9-19)13(8-12)14(15,16)17/h6-9,11H,4-5H2,1-3H3. The van der Waals surface area contributed by atoms with E-state index in [1.807, 2.05) is 18.7 Å². The fourth-order valence-corrected chi connectivity index (χ4v) is 2.16. The van der Waals surface area contributed by atoms with E-state index >= 15 is 0 Å². The Morgan fingerprint density at radius 1 is 1.26 bits per heavy atom. The van der Waals surface area contributed by atoms with Gasteiger partial charge in [-0.2, -0.15) is 13.2 Å². The summed E-state index contributed by atoms with van der Waals surface area (Å²) in [6, 6.07) is 4.01. The van der Waals surface area contributed by atoms with Crippen LogP contribution in [0, 0.1) is 0 Å². The minimum absolute atomic E-state index is 0.183. The van der Waals surface area contributed by atoms with E-state index in [1.54, 1.807) is 13.1 Å². The van der Waals surface area contributed by atoms with Crippen molar-refractivity contribution in [1.82, 2.24) is 0 Å². The number of hydrogen-bond donors (Lipinski definition) is 0. The number of hydrogen-bond acceptors (Lipinski definition) is 2. The number of aldehydes is 1. The van der Waals surface area contributed by atoms with Gasteiger partial charge in [0.15, 0.2) is 6.29 Å². The lowest BCUT2D eigenvalue weighted by atomic mass is 10.0. The maximum absolute atomic E-state index is 12.9. The Balaban J connectivity index is 3.22. The van der Waals surface area contributed by atoms with E-state index in [0.717, 1.165) is 18.9 Å². The topological polar surface area (TPSA) is 20.3 Å². The average molecular weight is 273 g/mol. The predicted molar refractivity (Wildman–Crippen MR) is 69.6 cm³/mol. The number of benzene rings is 1. The van der Waals surface area contributed by atoms with Crippen molar-refractivity contribution in [3.63, 3.8) is 0 Å². The molecule has 0 heterocycles. The van der Waals surface area contributed by atoms with E-state index < -0.39 is 11.7 Å². The molecule has 0 saturated carbocycles. The molecule has 0 radical (unpaired) electrons. The Morgan fingerprint density at radius 2 is 1.84 bits per heavy atom. The number of carbonyl (C=O) groups is 1. The first-order chi connectivity index (χ1) is 8.85. The van der Waals surface area contributed by atoms with Gasteiger partial charge in [0.25, 0.3) is 0 Å². The first-order valence-corrected chi connectivity index (χ1v) is 6.24. The molecular formula is C14H18F3NO. The molecule has 1 rings (SSSR count). The minimum Gasteiger partial charge on any atom is -0.372 e. The van der Waals surface area contributed by atoms with Crippen molar-refractivity contribution in [2.45, 2.75) is 38.9 Å². The second-order valence-electron chi connectivity index (χ2n) is 4.47. The van der Waals surface area contributed by atoms with Crippen molar-refractivity contribution in [3.05, 3.63) is 29.3 Å². The van der Waals surface area contributed by atoms with E-state index in [4.69, 9.17) is 0 Å². The van der Waals surface area contributed by atoms with E-state index in [0.29, 0.717) is 5.69 Å². The molecule has 0 aliphatic rings. The molecule has 0 bridgehead atoms. The Labute approximate surface area is 111 Å². The van der Waals surface area contributed by atoms with Crippen molar-refractivity contribution in [2.24, 2.45) is 0 Å². The number of nitrogens with zero attached hydrogens (tertiary/aromatic N) is 1. The third-order valence-corrected chi connectivity index (χ3v) is 3.37. The number of halogens is 3. The third-order valence-electron chi connectivity index (χ3n) is 3.37. The molecule has 0 spiro atoms. The largest absolute Gasteiger partial charge is 0.417 e. The predicted octanol–water partition coefficient (Wildman–Crippen LogP) is 4.14. The summed E-state index contributed by atoms with van der Waals surface area (Å²) in [6.07, 6.45) is -2.57. The lowest BCUT2D eigenvalue weighted by Gasteiger charge is -2.29. The van der Waals surface area contributed by atoms with Gasteiger partial charge in [0.1, 0.15) is 0 Å². The van der Waals surface area contributed by atoms with Crippen molar-refractivity contribution >= 4 is 12.0 Å². The molecule has 0 aliphatic carbocycles. The van der Waals surface area contributed by atoms with Gasteiger partial charge in [-0.1, -0.05) is 13.8 Å². The Bertz CT molecular complexity index is 439. The van der Waals surface area contributed by atoms with Crippen LogP contribution in [0.4, 0.5) is 18.9 Å². The zero-order chi connectivity index (χ0) is 14.6. The molecule has 0 aromatic heterocycles. The quantitative estimate of drug-likeness (QED) is 0.751. The fraction of sp³-hybridized carbons (Fsp3) is 0.500. The number of anilines is 1. The zero-order valence-electron chi connectivity index (χ0n) is 11.3. The number of carbonyl (C=O) groups excluding carboxylic acids is 1. The SMILES string of the molecule is CCC(CC)N(C)c1ccc(C=O)c(C(F)(F)F)c1. The van der Waals surface area contributed by atoms with Gasteiger partial charge in [-0.05, 0) is 31.0 Å². The molecule has 0 unspecified atom stereocenters. The molecule has 0 fully saturated rings. The molecule has 1 aromatic carbocycles. The van der Waals surface area contributed by atoms with Crippen molar-refractivity contribution in [2.75, 3.05) is 11.9 Å². The van der Waals surface area contributed by atoms with E-state index in [2.05, 4.69) is 0 Å². The smallest absolute Gasteiger partial charge is 0.372 e. The minimum atomic E-state index is -4.51. The highest BCUT2D eigenvalue weighted by atomic mass is 19.4. The van der Waals surface area contributed by atoms with Gasteiger partial charge in [0, 0.05) is 24.3 Å².